The molecule has 0 bridgehead atoms. The van der Waals surface area contributed by atoms with Crippen molar-refractivity contribution in [1.82, 2.24) is 16.0 Å². The summed E-state index contributed by atoms with van der Waals surface area (Å²) < 4.78 is 0. The summed E-state index contributed by atoms with van der Waals surface area (Å²) in [5.41, 5.74) is 0. The van der Waals surface area contributed by atoms with Gasteiger partial charge < -0.3 is 26.2 Å². The first-order valence-electron chi connectivity index (χ1n) is 6.17. The second-order valence-corrected chi connectivity index (χ2v) is 4.49. The Kier molecular flexibility index (Phi) is 5.75. The minimum atomic E-state index is -1.33. The van der Waals surface area contributed by atoms with Crippen molar-refractivity contribution >= 4 is 23.9 Å². The normalized spacial score (nSPS) is 15.0. The topological polar surface area (TPSA) is 145 Å². The second kappa shape index (κ2) is 7.31. The average Bonchev–Trinajstić information content (AvgIpc) is 3.15. The highest BCUT2D eigenvalue weighted by molar-refractivity contribution is 5.86. The van der Waals surface area contributed by atoms with Gasteiger partial charge in [-0.25, -0.2) is 9.59 Å². The predicted octanol–water partition coefficient (Wildman–Crippen LogP) is -1.12. The number of hydrogen-bond donors (Lipinski definition) is 5. The van der Waals surface area contributed by atoms with Crippen LogP contribution in [0.1, 0.15) is 25.7 Å². The largest absolute Gasteiger partial charge is 0.481 e. The van der Waals surface area contributed by atoms with Gasteiger partial charge in [0.2, 0.25) is 5.91 Å². The third-order valence-electron chi connectivity index (χ3n) is 2.60. The van der Waals surface area contributed by atoms with Gasteiger partial charge in [0, 0.05) is 12.5 Å². The van der Waals surface area contributed by atoms with Crippen molar-refractivity contribution in [2.45, 2.75) is 37.8 Å². The molecular formula is C11H17N3O6. The van der Waals surface area contributed by atoms with Gasteiger partial charge in [0.05, 0.1) is 6.54 Å². The van der Waals surface area contributed by atoms with Gasteiger partial charge in [-0.15, -0.1) is 0 Å². The van der Waals surface area contributed by atoms with Crippen LogP contribution in [0.15, 0.2) is 0 Å². The van der Waals surface area contributed by atoms with Crippen LogP contribution >= 0.6 is 0 Å². The average molecular weight is 287 g/mol. The molecule has 9 nitrogen and oxygen atoms in total. The Morgan fingerprint density at radius 2 is 1.80 bits per heavy atom. The molecule has 1 rings (SSSR count). The molecule has 0 aromatic rings. The standard InChI is InChI=1S/C11H17N3O6/c15-8(13-6-1-2-6)5-12-11(20)14-7(10(18)19)3-4-9(16)17/h6-7H,1-5H2,(H,13,15)(H,16,17)(H,18,19)(H2,12,14,20). The van der Waals surface area contributed by atoms with E-state index in [0.717, 1.165) is 12.8 Å². The number of carboxylic acids is 2. The highest BCUT2D eigenvalue weighted by Gasteiger charge is 2.24. The zero-order valence-corrected chi connectivity index (χ0v) is 10.7. The molecule has 1 saturated carbocycles. The molecule has 3 amide bonds. The lowest BCUT2D eigenvalue weighted by Gasteiger charge is -2.14. The highest BCUT2D eigenvalue weighted by atomic mass is 16.4. The fourth-order valence-corrected chi connectivity index (χ4v) is 1.40. The predicted molar refractivity (Wildman–Crippen MR) is 66.0 cm³/mol. The van der Waals surface area contributed by atoms with Gasteiger partial charge in [-0.2, -0.15) is 0 Å². The lowest BCUT2D eigenvalue weighted by molar-refractivity contribution is -0.140. The fourth-order valence-electron chi connectivity index (χ4n) is 1.40. The van der Waals surface area contributed by atoms with Gasteiger partial charge in [0.15, 0.2) is 0 Å². The Bertz CT molecular complexity index is 407. The molecule has 0 aromatic heterocycles. The SMILES string of the molecule is O=C(O)CCC(NC(=O)NCC(=O)NC1CC1)C(=O)O. The lowest BCUT2D eigenvalue weighted by Crippen LogP contribution is -2.48. The van der Waals surface area contributed by atoms with E-state index in [9.17, 15) is 19.2 Å². The van der Waals surface area contributed by atoms with Crippen molar-refractivity contribution < 1.29 is 29.4 Å². The monoisotopic (exact) mass is 287 g/mol. The van der Waals surface area contributed by atoms with Crippen LogP contribution in [-0.2, 0) is 14.4 Å². The van der Waals surface area contributed by atoms with Crippen molar-refractivity contribution in [2.75, 3.05) is 6.54 Å². The Labute approximate surface area is 114 Å². The van der Waals surface area contributed by atoms with E-state index in [1.54, 1.807) is 0 Å². The molecule has 0 heterocycles. The molecule has 0 spiro atoms. The van der Waals surface area contributed by atoms with Crippen LogP contribution in [0.25, 0.3) is 0 Å². The van der Waals surface area contributed by atoms with E-state index in [1.807, 2.05) is 0 Å². The smallest absolute Gasteiger partial charge is 0.326 e. The molecule has 1 aliphatic carbocycles. The Morgan fingerprint density at radius 3 is 2.30 bits per heavy atom. The minimum absolute atomic E-state index is 0.176. The molecule has 20 heavy (non-hydrogen) atoms. The summed E-state index contributed by atoms with van der Waals surface area (Å²) in [6, 6.07) is -1.96. The van der Waals surface area contributed by atoms with Gasteiger partial charge >= 0.3 is 18.0 Å². The van der Waals surface area contributed by atoms with Crippen molar-refractivity contribution in [1.29, 1.82) is 0 Å². The van der Waals surface area contributed by atoms with E-state index < -0.39 is 24.0 Å². The molecule has 1 atom stereocenters. The maximum atomic E-state index is 11.4. The first-order chi connectivity index (χ1) is 9.38. The van der Waals surface area contributed by atoms with Crippen LogP contribution in [-0.4, -0.2) is 52.7 Å². The number of amides is 3. The number of carbonyl (C=O) groups excluding carboxylic acids is 2. The van der Waals surface area contributed by atoms with Crippen molar-refractivity contribution in [3.63, 3.8) is 0 Å². The molecule has 9 heteroatoms. The Balaban J connectivity index is 2.27. The quantitative estimate of drug-likeness (QED) is 0.382. The molecule has 0 saturated heterocycles. The van der Waals surface area contributed by atoms with Crippen molar-refractivity contribution in [3.8, 4) is 0 Å². The maximum absolute atomic E-state index is 11.4. The van der Waals surface area contributed by atoms with Crippen molar-refractivity contribution in [2.24, 2.45) is 0 Å². The van der Waals surface area contributed by atoms with Crippen LogP contribution in [0, 0.1) is 0 Å². The number of aliphatic carboxylic acids is 2. The van der Waals surface area contributed by atoms with Gasteiger partial charge in [0.25, 0.3) is 0 Å². The zero-order chi connectivity index (χ0) is 15.1. The number of hydrogen-bond acceptors (Lipinski definition) is 4. The lowest BCUT2D eigenvalue weighted by atomic mass is 10.1. The van der Waals surface area contributed by atoms with E-state index in [2.05, 4.69) is 16.0 Å². The van der Waals surface area contributed by atoms with Gasteiger partial charge in [-0.1, -0.05) is 0 Å². The van der Waals surface area contributed by atoms with Crippen LogP contribution in [0.4, 0.5) is 4.79 Å². The molecule has 5 N–H and O–H groups in total. The molecule has 1 fully saturated rings. The Morgan fingerprint density at radius 1 is 1.15 bits per heavy atom. The summed E-state index contributed by atoms with van der Waals surface area (Å²) in [5.74, 6) is -2.83. The summed E-state index contributed by atoms with van der Waals surface area (Å²) in [4.78, 5) is 43.9. The maximum Gasteiger partial charge on any atom is 0.326 e. The molecular weight excluding hydrogens is 270 g/mol. The van der Waals surface area contributed by atoms with Crippen LogP contribution in [0.2, 0.25) is 0 Å². The molecule has 1 unspecified atom stereocenters. The minimum Gasteiger partial charge on any atom is -0.481 e. The van der Waals surface area contributed by atoms with Crippen LogP contribution in [0.3, 0.4) is 0 Å². The third kappa shape index (κ3) is 6.57. The van der Waals surface area contributed by atoms with E-state index >= 15 is 0 Å². The van der Waals surface area contributed by atoms with E-state index in [4.69, 9.17) is 10.2 Å². The van der Waals surface area contributed by atoms with Crippen LogP contribution in [0.5, 0.6) is 0 Å². The zero-order valence-electron chi connectivity index (χ0n) is 10.7. The van der Waals surface area contributed by atoms with Crippen molar-refractivity contribution in [3.05, 3.63) is 0 Å². The van der Waals surface area contributed by atoms with Crippen LogP contribution < -0.4 is 16.0 Å². The molecule has 0 radical (unpaired) electrons. The molecule has 0 aliphatic heterocycles. The third-order valence-corrected chi connectivity index (χ3v) is 2.60. The Hall–Kier alpha value is -2.32. The number of urea groups is 1. The number of carbonyl (C=O) groups is 4. The van der Waals surface area contributed by atoms with Gasteiger partial charge in [-0.3, -0.25) is 9.59 Å². The molecule has 112 valence electrons. The summed E-state index contributed by atoms with van der Waals surface area (Å²) in [6.45, 7) is -0.256. The first-order valence-corrected chi connectivity index (χ1v) is 6.17. The van der Waals surface area contributed by atoms with E-state index in [1.165, 1.54) is 0 Å². The molecule has 1 aliphatic rings. The summed E-state index contributed by atoms with van der Waals surface area (Å²) in [7, 11) is 0. The number of rotatable bonds is 8. The van der Waals surface area contributed by atoms with E-state index in [-0.39, 0.29) is 31.3 Å². The first kappa shape index (κ1) is 15.7. The fraction of sp³-hybridized carbons (Fsp3) is 0.636. The summed E-state index contributed by atoms with van der Waals surface area (Å²) >= 11 is 0. The number of carboxylic acid groups (broad SMARTS) is 2. The number of nitrogens with one attached hydrogen (secondary N) is 3. The van der Waals surface area contributed by atoms with Gasteiger partial charge in [0.1, 0.15) is 6.04 Å². The summed E-state index contributed by atoms with van der Waals surface area (Å²) in [5, 5.41) is 24.3. The molecule has 0 aromatic carbocycles. The van der Waals surface area contributed by atoms with E-state index in [0.29, 0.717) is 0 Å². The summed E-state index contributed by atoms with van der Waals surface area (Å²) in [6.07, 6.45) is 1.24. The van der Waals surface area contributed by atoms with Gasteiger partial charge in [-0.05, 0) is 19.3 Å². The highest BCUT2D eigenvalue weighted by Crippen LogP contribution is 2.18. The second-order valence-electron chi connectivity index (χ2n) is 4.49.